The van der Waals surface area contributed by atoms with Crippen LogP contribution in [-0.4, -0.2) is 15.3 Å². The first kappa shape index (κ1) is 13.8. The van der Waals surface area contributed by atoms with Gasteiger partial charge >= 0.3 is 5.69 Å². The molecule has 0 saturated carbocycles. The van der Waals surface area contributed by atoms with Gasteiger partial charge in [0, 0.05) is 23.0 Å². The van der Waals surface area contributed by atoms with Crippen molar-refractivity contribution in [2.24, 2.45) is 0 Å². The van der Waals surface area contributed by atoms with E-state index in [1.165, 1.54) is 16.8 Å². The third-order valence-electron chi connectivity index (χ3n) is 2.53. The topological polar surface area (TPSA) is 52.0 Å². The van der Waals surface area contributed by atoms with E-state index in [-0.39, 0.29) is 17.4 Å². The summed E-state index contributed by atoms with van der Waals surface area (Å²) in [6, 6.07) is 4.62. The summed E-state index contributed by atoms with van der Waals surface area (Å²) in [7, 11) is 0. The van der Waals surface area contributed by atoms with Crippen LogP contribution in [0.4, 0.5) is 0 Å². The van der Waals surface area contributed by atoms with Crippen molar-refractivity contribution in [2.45, 2.75) is 13.5 Å². The molecule has 4 nitrogen and oxygen atoms in total. The highest BCUT2D eigenvalue weighted by Crippen LogP contribution is 2.21. The summed E-state index contributed by atoms with van der Waals surface area (Å²) in [6.45, 7) is 1.69. The summed E-state index contributed by atoms with van der Waals surface area (Å²) in [5.41, 5.74) is 0.665. The van der Waals surface area contributed by atoms with Crippen molar-refractivity contribution in [3.05, 3.63) is 62.2 Å². The Kier molecular flexibility index (Phi) is 4.02. The normalized spacial score (nSPS) is 10.5. The molecule has 0 saturated heterocycles. The van der Waals surface area contributed by atoms with Crippen molar-refractivity contribution in [1.82, 2.24) is 9.55 Å². The van der Waals surface area contributed by atoms with Crippen molar-refractivity contribution in [3.8, 4) is 0 Å². The average molecular weight is 297 g/mol. The number of aromatic nitrogens is 2. The van der Waals surface area contributed by atoms with E-state index in [9.17, 15) is 9.59 Å². The molecule has 0 N–H and O–H groups in total. The minimum Gasteiger partial charge on any atom is -0.292 e. The Morgan fingerprint density at radius 2 is 2.11 bits per heavy atom. The summed E-state index contributed by atoms with van der Waals surface area (Å²) in [4.78, 5) is 27.3. The highest BCUT2D eigenvalue weighted by Gasteiger charge is 2.12. The number of benzene rings is 1. The summed E-state index contributed by atoms with van der Waals surface area (Å²) < 4.78 is 1.25. The van der Waals surface area contributed by atoms with Gasteiger partial charge in [0.15, 0.2) is 5.78 Å². The van der Waals surface area contributed by atoms with Crippen LogP contribution in [0.5, 0.6) is 0 Å². The number of ketones is 1. The zero-order valence-electron chi connectivity index (χ0n) is 10.1. The van der Waals surface area contributed by atoms with Crippen LogP contribution in [0.3, 0.4) is 0 Å². The number of aryl methyl sites for hydroxylation is 1. The first-order valence-electron chi connectivity index (χ1n) is 5.48. The van der Waals surface area contributed by atoms with Crippen LogP contribution >= 0.6 is 23.2 Å². The molecule has 0 aliphatic carbocycles. The van der Waals surface area contributed by atoms with E-state index in [0.717, 1.165) is 5.56 Å². The van der Waals surface area contributed by atoms with Crippen LogP contribution < -0.4 is 5.69 Å². The van der Waals surface area contributed by atoms with Crippen molar-refractivity contribution >= 4 is 29.0 Å². The van der Waals surface area contributed by atoms with Crippen LogP contribution in [-0.2, 0) is 6.54 Å². The fourth-order valence-corrected chi connectivity index (χ4v) is 2.15. The number of carbonyl (C=O) groups excluding carboxylic acids is 1. The van der Waals surface area contributed by atoms with E-state index in [2.05, 4.69) is 4.98 Å². The fourth-order valence-electron chi connectivity index (χ4n) is 1.63. The van der Waals surface area contributed by atoms with Gasteiger partial charge in [0.05, 0.1) is 11.6 Å². The first-order chi connectivity index (χ1) is 8.97. The van der Waals surface area contributed by atoms with Gasteiger partial charge in [-0.05, 0) is 30.7 Å². The Morgan fingerprint density at radius 1 is 1.37 bits per heavy atom. The molecule has 0 fully saturated rings. The predicted octanol–water partition coefficient (Wildman–Crippen LogP) is 2.74. The van der Waals surface area contributed by atoms with E-state index in [1.54, 1.807) is 25.3 Å². The molecule has 1 aromatic heterocycles. The van der Waals surface area contributed by atoms with E-state index in [0.29, 0.717) is 10.6 Å². The van der Waals surface area contributed by atoms with E-state index in [1.807, 2.05) is 0 Å². The molecular formula is C13H10Cl2N2O2. The molecule has 2 rings (SSSR count). The quantitative estimate of drug-likeness (QED) is 0.819. The molecule has 0 bridgehead atoms. The first-order valence-corrected chi connectivity index (χ1v) is 6.24. The number of Topliss-reactive ketones (excluding diaryl/α,β-unsaturated/α-hetero) is 1. The van der Waals surface area contributed by atoms with Gasteiger partial charge < -0.3 is 0 Å². The van der Waals surface area contributed by atoms with Crippen LogP contribution in [0.15, 0.2) is 35.4 Å². The smallest absolute Gasteiger partial charge is 0.292 e. The van der Waals surface area contributed by atoms with Crippen molar-refractivity contribution in [1.29, 1.82) is 0 Å². The highest BCUT2D eigenvalue weighted by molar-refractivity contribution is 6.36. The summed E-state index contributed by atoms with van der Waals surface area (Å²) in [5.74, 6) is -0.267. The third-order valence-corrected chi connectivity index (χ3v) is 3.08. The third kappa shape index (κ3) is 3.22. The largest absolute Gasteiger partial charge is 0.347 e. The summed E-state index contributed by atoms with van der Waals surface area (Å²) >= 11 is 11.7. The van der Waals surface area contributed by atoms with Crippen molar-refractivity contribution in [3.63, 3.8) is 0 Å². The summed E-state index contributed by atoms with van der Waals surface area (Å²) in [5, 5.41) is 0.724. The zero-order valence-corrected chi connectivity index (χ0v) is 11.6. The number of rotatable bonds is 3. The average Bonchev–Trinajstić information content (AvgIpc) is 2.33. The van der Waals surface area contributed by atoms with E-state index in [4.69, 9.17) is 23.2 Å². The molecule has 6 heteroatoms. The lowest BCUT2D eigenvalue weighted by Gasteiger charge is -2.06. The van der Waals surface area contributed by atoms with Gasteiger partial charge in [-0.3, -0.25) is 9.36 Å². The number of carbonyl (C=O) groups is 1. The monoisotopic (exact) mass is 296 g/mol. The highest BCUT2D eigenvalue weighted by atomic mass is 35.5. The lowest BCUT2D eigenvalue weighted by Crippen LogP contribution is -2.26. The maximum absolute atomic E-state index is 12.1. The Bertz CT molecular complexity index is 695. The molecular weight excluding hydrogens is 287 g/mol. The molecule has 0 atom stereocenters. The Morgan fingerprint density at radius 3 is 2.79 bits per heavy atom. The van der Waals surface area contributed by atoms with Crippen LogP contribution in [0.1, 0.15) is 15.9 Å². The molecule has 0 aliphatic rings. The number of hydrogen-bond acceptors (Lipinski definition) is 3. The minimum absolute atomic E-state index is 0.102. The predicted molar refractivity (Wildman–Crippen MR) is 74.0 cm³/mol. The van der Waals surface area contributed by atoms with Gasteiger partial charge in [0.25, 0.3) is 0 Å². The number of hydrogen-bond donors (Lipinski definition) is 0. The van der Waals surface area contributed by atoms with Gasteiger partial charge in [-0.1, -0.05) is 23.2 Å². The molecule has 0 radical (unpaired) electrons. The molecule has 1 heterocycles. The minimum atomic E-state index is -0.468. The maximum Gasteiger partial charge on any atom is 0.347 e. The maximum atomic E-state index is 12.1. The number of halogens is 2. The second kappa shape index (κ2) is 5.55. The SMILES string of the molecule is Cc1cnc(=O)n(CC(=O)c2ccc(Cl)cc2Cl)c1. The molecule has 98 valence electrons. The van der Waals surface area contributed by atoms with Crippen LogP contribution in [0.2, 0.25) is 10.0 Å². The van der Waals surface area contributed by atoms with Gasteiger partial charge in [-0.15, -0.1) is 0 Å². The fraction of sp³-hybridized carbons (Fsp3) is 0.154. The van der Waals surface area contributed by atoms with Gasteiger partial charge in [-0.25, -0.2) is 9.78 Å². The van der Waals surface area contributed by atoms with Gasteiger partial charge in [0.2, 0.25) is 0 Å². The lowest BCUT2D eigenvalue weighted by molar-refractivity contribution is 0.0970. The zero-order chi connectivity index (χ0) is 14.0. The molecule has 0 aliphatic heterocycles. The molecule has 0 unspecified atom stereocenters. The standard InChI is InChI=1S/C13H10Cl2N2O2/c1-8-5-16-13(19)17(6-8)7-12(18)10-3-2-9(14)4-11(10)15/h2-6H,7H2,1H3. The van der Waals surface area contributed by atoms with Crippen LogP contribution in [0, 0.1) is 6.92 Å². The summed E-state index contributed by atoms with van der Waals surface area (Å²) in [6.07, 6.45) is 3.04. The Hall–Kier alpha value is -1.65. The second-order valence-electron chi connectivity index (χ2n) is 4.09. The van der Waals surface area contributed by atoms with E-state index < -0.39 is 5.69 Å². The van der Waals surface area contributed by atoms with E-state index >= 15 is 0 Å². The van der Waals surface area contributed by atoms with Crippen molar-refractivity contribution < 1.29 is 4.79 Å². The lowest BCUT2D eigenvalue weighted by atomic mass is 10.1. The number of nitrogens with zero attached hydrogens (tertiary/aromatic N) is 2. The van der Waals surface area contributed by atoms with Crippen LogP contribution in [0.25, 0.3) is 0 Å². The molecule has 0 amide bonds. The molecule has 0 spiro atoms. The van der Waals surface area contributed by atoms with Crippen molar-refractivity contribution in [2.75, 3.05) is 0 Å². The molecule has 1 aromatic carbocycles. The Labute approximate surface area is 119 Å². The second-order valence-corrected chi connectivity index (χ2v) is 4.93. The van der Waals surface area contributed by atoms with Gasteiger partial charge in [-0.2, -0.15) is 0 Å². The van der Waals surface area contributed by atoms with Gasteiger partial charge in [0.1, 0.15) is 0 Å². The molecule has 19 heavy (non-hydrogen) atoms. The molecule has 2 aromatic rings. The Balaban J connectivity index is 2.31.